The normalized spacial score (nSPS) is 12.2. The molecule has 0 bridgehead atoms. The second-order valence-corrected chi connectivity index (χ2v) is 8.86. The molecule has 1 atom stereocenters. The summed E-state index contributed by atoms with van der Waals surface area (Å²) in [6.45, 7) is 2.13. The molecule has 5 aromatic rings. The molecule has 6 nitrogen and oxygen atoms in total. The SMILES string of the molecule is CCc1sc2ncnc(N[C@H](Cc3ccncc3)C(=O)O)c2c1-c1cccc2ccccc12. The Hall–Kier alpha value is -3.84. The Balaban J connectivity index is 1.66. The van der Waals surface area contributed by atoms with Crippen LogP contribution in [0.15, 0.2) is 73.3 Å². The molecule has 0 radical (unpaired) electrons. The minimum Gasteiger partial charge on any atom is -0.480 e. The standard InChI is InChI=1S/C26H22N4O2S/c1-2-21-22(19-9-5-7-17-6-3-4-8-18(17)19)23-24(28-15-29-25(23)33-21)30-20(26(31)32)14-16-10-12-27-13-11-16/h3-13,15,20H,2,14H2,1H3,(H,31,32)(H,28,29,30)/t20-/m1/s1. The summed E-state index contributed by atoms with van der Waals surface area (Å²) in [6, 6.07) is 17.4. The lowest BCUT2D eigenvalue weighted by Crippen LogP contribution is -2.32. The number of aryl methyl sites for hydroxylation is 1. The zero-order valence-corrected chi connectivity index (χ0v) is 18.8. The number of hydrogen-bond donors (Lipinski definition) is 2. The maximum atomic E-state index is 12.1. The van der Waals surface area contributed by atoms with Crippen LogP contribution in [0.3, 0.4) is 0 Å². The number of nitrogens with zero attached hydrogens (tertiary/aromatic N) is 3. The molecule has 0 spiro atoms. The van der Waals surface area contributed by atoms with Crippen LogP contribution < -0.4 is 5.32 Å². The van der Waals surface area contributed by atoms with Crippen LogP contribution in [0.5, 0.6) is 0 Å². The first kappa shape index (κ1) is 21.0. The molecule has 164 valence electrons. The van der Waals surface area contributed by atoms with E-state index in [2.05, 4.69) is 57.5 Å². The molecule has 0 saturated heterocycles. The number of carboxylic acid groups (broad SMARTS) is 1. The number of hydrogen-bond acceptors (Lipinski definition) is 6. The molecule has 0 aliphatic carbocycles. The van der Waals surface area contributed by atoms with Gasteiger partial charge in [0.1, 0.15) is 23.0 Å². The molecule has 0 amide bonds. The lowest BCUT2D eigenvalue weighted by Gasteiger charge is -2.17. The molecule has 3 heterocycles. The third-order valence-corrected chi connectivity index (χ3v) is 6.98. The number of anilines is 1. The van der Waals surface area contributed by atoms with Crippen LogP contribution >= 0.6 is 11.3 Å². The number of fused-ring (bicyclic) bond motifs is 2. The number of carboxylic acids is 1. The number of benzene rings is 2. The van der Waals surface area contributed by atoms with E-state index in [0.29, 0.717) is 12.2 Å². The monoisotopic (exact) mass is 454 g/mol. The van der Waals surface area contributed by atoms with E-state index in [-0.39, 0.29) is 0 Å². The lowest BCUT2D eigenvalue weighted by molar-refractivity contribution is -0.137. The van der Waals surface area contributed by atoms with Crippen LogP contribution in [0, 0.1) is 0 Å². The van der Waals surface area contributed by atoms with Gasteiger partial charge in [0.2, 0.25) is 0 Å². The molecule has 7 heteroatoms. The van der Waals surface area contributed by atoms with Gasteiger partial charge in [-0.2, -0.15) is 0 Å². The van der Waals surface area contributed by atoms with Crippen molar-refractivity contribution in [2.24, 2.45) is 0 Å². The largest absolute Gasteiger partial charge is 0.480 e. The number of nitrogens with one attached hydrogen (secondary N) is 1. The highest BCUT2D eigenvalue weighted by Gasteiger charge is 2.24. The van der Waals surface area contributed by atoms with Gasteiger partial charge in [-0.15, -0.1) is 11.3 Å². The summed E-state index contributed by atoms with van der Waals surface area (Å²) in [7, 11) is 0. The minimum absolute atomic E-state index is 0.317. The fraction of sp³-hybridized carbons (Fsp3) is 0.154. The van der Waals surface area contributed by atoms with Crippen molar-refractivity contribution in [3.63, 3.8) is 0 Å². The average molecular weight is 455 g/mol. The zero-order chi connectivity index (χ0) is 22.8. The molecule has 5 rings (SSSR count). The van der Waals surface area contributed by atoms with Gasteiger partial charge in [0.05, 0.1) is 5.39 Å². The molecule has 0 unspecified atom stereocenters. The van der Waals surface area contributed by atoms with Crippen LogP contribution in [0.4, 0.5) is 5.82 Å². The molecule has 33 heavy (non-hydrogen) atoms. The van der Waals surface area contributed by atoms with Crippen LogP contribution in [0.1, 0.15) is 17.4 Å². The number of carbonyl (C=O) groups is 1. The second kappa shape index (κ2) is 8.96. The van der Waals surface area contributed by atoms with E-state index >= 15 is 0 Å². The fourth-order valence-corrected chi connectivity index (χ4v) is 5.28. The molecule has 2 aromatic carbocycles. The molecular formula is C26H22N4O2S. The first-order valence-electron chi connectivity index (χ1n) is 10.8. The predicted octanol–water partition coefficient (Wildman–Crippen LogP) is 5.58. The molecule has 0 saturated carbocycles. The second-order valence-electron chi connectivity index (χ2n) is 7.78. The fourth-order valence-electron chi connectivity index (χ4n) is 4.19. The van der Waals surface area contributed by atoms with Crippen LogP contribution in [0.25, 0.3) is 32.1 Å². The first-order valence-corrected chi connectivity index (χ1v) is 11.6. The van der Waals surface area contributed by atoms with Gasteiger partial charge in [-0.1, -0.05) is 49.4 Å². The quantitative estimate of drug-likeness (QED) is 0.334. The van der Waals surface area contributed by atoms with E-state index in [1.165, 1.54) is 11.2 Å². The van der Waals surface area contributed by atoms with Crippen molar-refractivity contribution in [2.45, 2.75) is 25.8 Å². The van der Waals surface area contributed by atoms with Crippen molar-refractivity contribution >= 4 is 44.1 Å². The minimum atomic E-state index is -0.934. The van der Waals surface area contributed by atoms with E-state index in [4.69, 9.17) is 0 Å². The lowest BCUT2D eigenvalue weighted by atomic mass is 9.96. The number of pyridine rings is 1. The van der Waals surface area contributed by atoms with Crippen molar-refractivity contribution < 1.29 is 9.90 Å². The Morgan fingerprint density at radius 2 is 1.85 bits per heavy atom. The average Bonchev–Trinajstić information content (AvgIpc) is 3.23. The van der Waals surface area contributed by atoms with Gasteiger partial charge in [0, 0.05) is 29.3 Å². The number of aliphatic carboxylic acids is 1. The van der Waals surface area contributed by atoms with E-state index in [1.54, 1.807) is 23.7 Å². The van der Waals surface area contributed by atoms with Crippen molar-refractivity contribution in [3.05, 3.63) is 83.8 Å². The van der Waals surface area contributed by atoms with Crippen molar-refractivity contribution in [1.82, 2.24) is 15.0 Å². The number of aromatic nitrogens is 3. The van der Waals surface area contributed by atoms with Crippen LogP contribution in [0.2, 0.25) is 0 Å². The number of thiophene rings is 1. The van der Waals surface area contributed by atoms with Crippen molar-refractivity contribution in [2.75, 3.05) is 5.32 Å². The molecule has 0 aliphatic heterocycles. The van der Waals surface area contributed by atoms with Gasteiger partial charge < -0.3 is 10.4 Å². The van der Waals surface area contributed by atoms with E-state index in [9.17, 15) is 9.90 Å². The highest BCUT2D eigenvalue weighted by molar-refractivity contribution is 7.19. The zero-order valence-electron chi connectivity index (χ0n) is 18.0. The van der Waals surface area contributed by atoms with Crippen LogP contribution in [-0.2, 0) is 17.6 Å². The van der Waals surface area contributed by atoms with Crippen LogP contribution in [-0.4, -0.2) is 32.1 Å². The summed E-state index contributed by atoms with van der Waals surface area (Å²) in [5, 5.41) is 16.3. The third kappa shape index (κ3) is 4.03. The van der Waals surface area contributed by atoms with Gasteiger partial charge >= 0.3 is 5.97 Å². The first-order chi connectivity index (χ1) is 16.2. The molecule has 2 N–H and O–H groups in total. The topological polar surface area (TPSA) is 88.0 Å². The predicted molar refractivity (Wildman–Crippen MR) is 133 cm³/mol. The number of rotatable bonds is 7. The maximum Gasteiger partial charge on any atom is 0.326 e. The third-order valence-electron chi connectivity index (χ3n) is 5.74. The molecule has 0 aliphatic rings. The molecule has 3 aromatic heterocycles. The Labute approximate surface area is 195 Å². The van der Waals surface area contributed by atoms with Gasteiger partial charge in [-0.05, 0) is 40.5 Å². The Bertz CT molecular complexity index is 1440. The smallest absolute Gasteiger partial charge is 0.326 e. The van der Waals surface area contributed by atoms with Gasteiger partial charge in [0.15, 0.2) is 0 Å². The summed E-state index contributed by atoms with van der Waals surface area (Å²) in [5.41, 5.74) is 3.07. The molecule has 0 fully saturated rings. The summed E-state index contributed by atoms with van der Waals surface area (Å²) < 4.78 is 0. The maximum absolute atomic E-state index is 12.1. The van der Waals surface area contributed by atoms with E-state index in [1.807, 2.05) is 24.3 Å². The van der Waals surface area contributed by atoms with Gasteiger partial charge in [-0.25, -0.2) is 14.8 Å². The van der Waals surface area contributed by atoms with Gasteiger partial charge in [0.25, 0.3) is 0 Å². The summed E-state index contributed by atoms with van der Waals surface area (Å²) in [4.78, 5) is 27.2. The van der Waals surface area contributed by atoms with Gasteiger partial charge in [-0.3, -0.25) is 4.98 Å². The van der Waals surface area contributed by atoms with Crippen molar-refractivity contribution in [1.29, 1.82) is 0 Å². The summed E-state index contributed by atoms with van der Waals surface area (Å²) in [5.74, 6) is -0.392. The molecular weight excluding hydrogens is 432 g/mol. The summed E-state index contributed by atoms with van der Waals surface area (Å²) >= 11 is 1.63. The Kier molecular flexibility index (Phi) is 5.71. The summed E-state index contributed by atoms with van der Waals surface area (Å²) in [6.07, 6.45) is 6.00. The highest BCUT2D eigenvalue weighted by Crippen LogP contribution is 2.43. The Morgan fingerprint density at radius 3 is 2.64 bits per heavy atom. The van der Waals surface area contributed by atoms with Crippen molar-refractivity contribution in [3.8, 4) is 11.1 Å². The van der Waals surface area contributed by atoms with E-state index < -0.39 is 12.0 Å². The van der Waals surface area contributed by atoms with E-state index in [0.717, 1.165) is 44.1 Å². The highest BCUT2D eigenvalue weighted by atomic mass is 32.1. The Morgan fingerprint density at radius 1 is 1.06 bits per heavy atom.